The minimum atomic E-state index is 0.0888. The van der Waals surface area contributed by atoms with Crippen LogP contribution < -0.4 is 0 Å². The minimum absolute atomic E-state index is 0.0888. The maximum absolute atomic E-state index is 4.41. The number of aromatic nitrogens is 2. The van der Waals surface area contributed by atoms with Crippen molar-refractivity contribution < 1.29 is 0 Å². The summed E-state index contributed by atoms with van der Waals surface area (Å²) in [7, 11) is 0. The van der Waals surface area contributed by atoms with Crippen LogP contribution in [-0.4, -0.2) is 9.97 Å². The van der Waals surface area contributed by atoms with E-state index in [1.165, 1.54) is 5.56 Å². The maximum Gasteiger partial charge on any atom is 0.115 e. The van der Waals surface area contributed by atoms with Gasteiger partial charge >= 0.3 is 0 Å². The lowest BCUT2D eigenvalue weighted by Gasteiger charge is -2.27. The molecule has 0 bridgehead atoms. The molecule has 0 fully saturated rings. The van der Waals surface area contributed by atoms with Gasteiger partial charge in [-0.15, -0.1) is 0 Å². The molecule has 0 unspecified atom stereocenters. The molecule has 1 heterocycles. The lowest BCUT2D eigenvalue weighted by atomic mass is 9.79. The Hall–Kier alpha value is -0.920. The maximum atomic E-state index is 4.41. The van der Waals surface area contributed by atoms with Crippen LogP contribution in [-0.2, 0) is 10.8 Å². The summed E-state index contributed by atoms with van der Waals surface area (Å²) in [5.74, 6) is 0. The highest BCUT2D eigenvalue weighted by atomic mass is 14.8. The van der Waals surface area contributed by atoms with E-state index in [4.69, 9.17) is 0 Å². The van der Waals surface area contributed by atoms with Crippen molar-refractivity contribution in [3.8, 4) is 0 Å². The molecule has 2 nitrogen and oxygen atoms in total. The molecule has 0 radical (unpaired) electrons. The van der Waals surface area contributed by atoms with Crippen LogP contribution in [0.4, 0.5) is 0 Å². The van der Waals surface area contributed by atoms with Crippen molar-refractivity contribution >= 4 is 0 Å². The van der Waals surface area contributed by atoms with Gasteiger partial charge in [0.1, 0.15) is 6.33 Å². The first-order valence-corrected chi connectivity index (χ1v) is 5.04. The van der Waals surface area contributed by atoms with Crippen LogP contribution in [0.15, 0.2) is 12.5 Å². The highest BCUT2D eigenvalue weighted by Gasteiger charge is 2.26. The van der Waals surface area contributed by atoms with E-state index in [0.29, 0.717) is 0 Å². The fourth-order valence-electron chi connectivity index (χ4n) is 1.48. The second-order valence-electron chi connectivity index (χ2n) is 5.79. The zero-order valence-corrected chi connectivity index (χ0v) is 10.0. The van der Waals surface area contributed by atoms with Gasteiger partial charge in [-0.1, -0.05) is 41.5 Å². The molecule has 2 heteroatoms. The van der Waals surface area contributed by atoms with Crippen LogP contribution in [0, 0.1) is 0 Å². The molecule has 78 valence electrons. The van der Waals surface area contributed by atoms with E-state index in [1.807, 2.05) is 6.20 Å². The highest BCUT2D eigenvalue weighted by Crippen LogP contribution is 2.31. The third kappa shape index (κ3) is 2.31. The molecule has 0 saturated carbocycles. The Morgan fingerprint density at radius 2 is 1.50 bits per heavy atom. The Kier molecular flexibility index (Phi) is 2.66. The summed E-state index contributed by atoms with van der Waals surface area (Å²) >= 11 is 0. The molecule has 14 heavy (non-hydrogen) atoms. The summed E-state index contributed by atoms with van der Waals surface area (Å²) in [6, 6.07) is 0. The molecule has 0 N–H and O–H groups in total. The number of rotatable bonds is 0. The molecule has 0 amide bonds. The molecule has 0 aliphatic rings. The standard InChI is InChI=1S/C12H20N2/c1-11(2,3)9-7-13-8-14-10(9)12(4,5)6/h7-8H,1-6H3. The van der Waals surface area contributed by atoms with Crippen molar-refractivity contribution in [1.82, 2.24) is 9.97 Å². The molecule has 1 aromatic heterocycles. The quantitative estimate of drug-likeness (QED) is 0.631. The molecule has 0 aliphatic carbocycles. The van der Waals surface area contributed by atoms with E-state index >= 15 is 0 Å². The molecule has 0 aromatic carbocycles. The molecular formula is C12H20N2. The van der Waals surface area contributed by atoms with Gasteiger partial charge in [-0.3, -0.25) is 0 Å². The lowest BCUT2D eigenvalue weighted by Crippen LogP contribution is -2.23. The molecule has 0 aliphatic heterocycles. The Labute approximate surface area is 86.8 Å². The van der Waals surface area contributed by atoms with Crippen molar-refractivity contribution in [2.45, 2.75) is 52.4 Å². The predicted octanol–water partition coefficient (Wildman–Crippen LogP) is 3.07. The third-order valence-corrected chi connectivity index (χ3v) is 2.23. The first-order chi connectivity index (χ1) is 6.23. The highest BCUT2D eigenvalue weighted by molar-refractivity contribution is 5.29. The first-order valence-electron chi connectivity index (χ1n) is 5.04. The van der Waals surface area contributed by atoms with Crippen LogP contribution >= 0.6 is 0 Å². The summed E-state index contributed by atoms with van der Waals surface area (Å²) in [5, 5.41) is 0. The van der Waals surface area contributed by atoms with Gasteiger partial charge in [-0.25, -0.2) is 9.97 Å². The second kappa shape index (κ2) is 3.34. The van der Waals surface area contributed by atoms with Gasteiger partial charge in [0, 0.05) is 11.6 Å². The van der Waals surface area contributed by atoms with Crippen LogP contribution in [0.5, 0.6) is 0 Å². The summed E-state index contributed by atoms with van der Waals surface area (Å²) < 4.78 is 0. The topological polar surface area (TPSA) is 25.8 Å². The van der Waals surface area contributed by atoms with E-state index in [2.05, 4.69) is 51.5 Å². The smallest absolute Gasteiger partial charge is 0.115 e. The number of nitrogens with zero attached hydrogens (tertiary/aromatic N) is 2. The van der Waals surface area contributed by atoms with Gasteiger partial charge in [-0.2, -0.15) is 0 Å². The van der Waals surface area contributed by atoms with Crippen molar-refractivity contribution in [1.29, 1.82) is 0 Å². The largest absolute Gasteiger partial charge is 0.244 e. The monoisotopic (exact) mass is 192 g/mol. The van der Waals surface area contributed by atoms with Crippen LogP contribution in [0.25, 0.3) is 0 Å². The summed E-state index contributed by atoms with van der Waals surface area (Å²) in [6.07, 6.45) is 3.57. The first kappa shape index (κ1) is 11.2. The van der Waals surface area contributed by atoms with Gasteiger partial charge in [0.2, 0.25) is 0 Å². The van der Waals surface area contributed by atoms with E-state index in [9.17, 15) is 0 Å². The van der Waals surface area contributed by atoms with E-state index in [1.54, 1.807) is 6.33 Å². The van der Waals surface area contributed by atoms with E-state index in [0.717, 1.165) is 5.69 Å². The lowest BCUT2D eigenvalue weighted by molar-refractivity contribution is 0.510. The van der Waals surface area contributed by atoms with Crippen molar-refractivity contribution in [3.63, 3.8) is 0 Å². The number of hydrogen-bond acceptors (Lipinski definition) is 2. The van der Waals surface area contributed by atoms with Gasteiger partial charge in [0.15, 0.2) is 0 Å². The van der Waals surface area contributed by atoms with Crippen LogP contribution in [0.3, 0.4) is 0 Å². The molecule has 0 spiro atoms. The fourth-order valence-corrected chi connectivity index (χ4v) is 1.48. The van der Waals surface area contributed by atoms with Gasteiger partial charge in [0.25, 0.3) is 0 Å². The van der Waals surface area contributed by atoms with E-state index < -0.39 is 0 Å². The Morgan fingerprint density at radius 3 is 1.86 bits per heavy atom. The molecule has 0 atom stereocenters. The molecule has 1 aromatic rings. The Balaban J connectivity index is 3.31. The van der Waals surface area contributed by atoms with Crippen molar-refractivity contribution in [2.24, 2.45) is 0 Å². The zero-order valence-electron chi connectivity index (χ0n) is 10.0. The van der Waals surface area contributed by atoms with Gasteiger partial charge in [0.05, 0.1) is 5.69 Å². The normalized spacial score (nSPS) is 13.0. The SMILES string of the molecule is CC(C)(C)c1cncnc1C(C)(C)C. The van der Waals surface area contributed by atoms with Crippen LogP contribution in [0.1, 0.15) is 52.8 Å². The fraction of sp³-hybridized carbons (Fsp3) is 0.667. The summed E-state index contributed by atoms with van der Waals surface area (Å²) in [6.45, 7) is 13.1. The summed E-state index contributed by atoms with van der Waals surface area (Å²) in [4.78, 5) is 8.52. The van der Waals surface area contributed by atoms with Gasteiger partial charge < -0.3 is 0 Å². The van der Waals surface area contributed by atoms with Crippen molar-refractivity contribution in [2.75, 3.05) is 0 Å². The van der Waals surface area contributed by atoms with Gasteiger partial charge in [-0.05, 0) is 11.0 Å². The Morgan fingerprint density at radius 1 is 0.929 bits per heavy atom. The molecule has 0 saturated heterocycles. The average Bonchev–Trinajstić information content (AvgIpc) is 2.01. The minimum Gasteiger partial charge on any atom is -0.244 e. The number of hydrogen-bond donors (Lipinski definition) is 0. The molecular weight excluding hydrogens is 172 g/mol. The van der Waals surface area contributed by atoms with E-state index in [-0.39, 0.29) is 10.8 Å². The van der Waals surface area contributed by atoms with Crippen molar-refractivity contribution in [3.05, 3.63) is 23.8 Å². The molecule has 1 rings (SSSR count). The third-order valence-electron chi connectivity index (χ3n) is 2.23. The average molecular weight is 192 g/mol. The predicted molar refractivity (Wildman–Crippen MR) is 59.4 cm³/mol. The summed E-state index contributed by atoms with van der Waals surface area (Å²) in [5.41, 5.74) is 2.60. The zero-order chi connectivity index (χ0) is 11.0. The van der Waals surface area contributed by atoms with Crippen LogP contribution in [0.2, 0.25) is 0 Å². The Bertz CT molecular complexity index is 283. The second-order valence-corrected chi connectivity index (χ2v) is 5.79.